The topological polar surface area (TPSA) is 9.23 Å². The largest absolute Gasteiger partial charge is 0.480 e. The average molecular weight is 420 g/mol. The number of allylic oxidation sites excluding steroid dienone is 1. The molecule has 4 rings (SSSR count). The third kappa shape index (κ3) is 4.17. The van der Waals surface area contributed by atoms with Crippen LogP contribution < -0.4 is 4.74 Å². The third-order valence-electron chi connectivity index (χ3n) is 5.96. The molecule has 3 aromatic carbocycles. The van der Waals surface area contributed by atoms with Gasteiger partial charge in [-0.15, -0.1) is 0 Å². The van der Waals surface area contributed by atoms with E-state index in [4.69, 9.17) is 4.74 Å². The van der Waals surface area contributed by atoms with E-state index in [9.17, 15) is 4.39 Å². The zero-order chi connectivity index (χ0) is 21.0. The van der Waals surface area contributed by atoms with Gasteiger partial charge in [0.15, 0.2) is 26.3 Å². The highest BCUT2D eigenvalue weighted by molar-refractivity contribution is 7.97. The zero-order valence-electron chi connectivity index (χ0n) is 17.6. The van der Waals surface area contributed by atoms with Crippen LogP contribution in [-0.4, -0.2) is 5.60 Å². The fourth-order valence-corrected chi connectivity index (χ4v) is 6.31. The molecular formula is C27H28FOS+. The fourth-order valence-electron chi connectivity index (χ4n) is 4.21. The maximum atomic E-state index is 14.9. The molecule has 0 aromatic heterocycles. The first-order chi connectivity index (χ1) is 14.6. The van der Waals surface area contributed by atoms with Crippen molar-refractivity contribution in [3.05, 3.63) is 96.3 Å². The average Bonchev–Trinajstić information content (AvgIpc) is 3.27. The predicted molar refractivity (Wildman–Crippen MR) is 123 cm³/mol. The molecule has 0 aliphatic heterocycles. The second-order valence-electron chi connectivity index (χ2n) is 7.80. The standard InChI is InChI=1S/C27H28FOS/c1-3-21(2)27(18-10-11-19-27)29-26-20-24(16-17-25(26)28)30(22-12-6-4-7-13-22)23-14-8-5-9-15-23/h3-9,12-17,20H,10-11,18-19H2,1-2H3/q+1/b21-3-. The maximum Gasteiger partial charge on any atom is 0.170 e. The summed E-state index contributed by atoms with van der Waals surface area (Å²) in [7, 11) is -0.324. The highest BCUT2D eigenvalue weighted by atomic mass is 32.2. The van der Waals surface area contributed by atoms with Gasteiger partial charge in [-0.2, -0.15) is 0 Å². The van der Waals surface area contributed by atoms with Crippen molar-refractivity contribution < 1.29 is 9.13 Å². The van der Waals surface area contributed by atoms with E-state index in [1.165, 1.54) is 15.4 Å². The van der Waals surface area contributed by atoms with Crippen molar-refractivity contribution in [2.45, 2.75) is 59.8 Å². The van der Waals surface area contributed by atoms with Crippen molar-refractivity contribution in [2.24, 2.45) is 0 Å². The van der Waals surface area contributed by atoms with E-state index in [0.29, 0.717) is 5.75 Å². The van der Waals surface area contributed by atoms with Gasteiger partial charge >= 0.3 is 0 Å². The first kappa shape index (κ1) is 20.7. The van der Waals surface area contributed by atoms with E-state index in [1.54, 1.807) is 6.07 Å². The van der Waals surface area contributed by atoms with Crippen LogP contribution >= 0.6 is 0 Å². The Balaban J connectivity index is 1.77. The minimum atomic E-state index is -0.383. The lowest BCUT2D eigenvalue weighted by atomic mass is 9.92. The Morgan fingerprint density at radius 3 is 1.97 bits per heavy atom. The van der Waals surface area contributed by atoms with Crippen LogP contribution in [0.4, 0.5) is 4.39 Å². The summed E-state index contributed by atoms with van der Waals surface area (Å²) >= 11 is 0. The molecule has 3 heteroatoms. The summed E-state index contributed by atoms with van der Waals surface area (Å²) in [6, 6.07) is 26.2. The first-order valence-corrected chi connectivity index (χ1v) is 11.8. The normalized spacial score (nSPS) is 16.1. The quantitative estimate of drug-likeness (QED) is 0.295. The lowest BCUT2D eigenvalue weighted by Gasteiger charge is -2.31. The number of halogens is 1. The smallest absolute Gasteiger partial charge is 0.170 e. The molecule has 0 saturated heterocycles. The van der Waals surface area contributed by atoms with Crippen LogP contribution in [0.2, 0.25) is 0 Å². The van der Waals surface area contributed by atoms with Gasteiger partial charge in [0.05, 0.1) is 10.9 Å². The second-order valence-corrected chi connectivity index (χ2v) is 9.83. The van der Waals surface area contributed by atoms with Crippen molar-refractivity contribution in [3.8, 4) is 5.75 Å². The van der Waals surface area contributed by atoms with Crippen molar-refractivity contribution in [2.75, 3.05) is 0 Å². The van der Waals surface area contributed by atoms with Gasteiger partial charge in [-0.3, -0.25) is 0 Å². The summed E-state index contributed by atoms with van der Waals surface area (Å²) in [5.74, 6) is 0.0681. The van der Waals surface area contributed by atoms with Crippen molar-refractivity contribution in [1.29, 1.82) is 0 Å². The molecule has 30 heavy (non-hydrogen) atoms. The van der Waals surface area contributed by atoms with Gasteiger partial charge in [0.1, 0.15) is 5.60 Å². The molecule has 1 aliphatic carbocycles. The third-order valence-corrected chi connectivity index (χ3v) is 8.18. The molecule has 0 bridgehead atoms. The molecule has 1 aliphatic rings. The lowest BCUT2D eigenvalue weighted by molar-refractivity contribution is 0.108. The van der Waals surface area contributed by atoms with Crippen LogP contribution in [0.1, 0.15) is 39.5 Å². The molecule has 1 saturated carbocycles. The number of hydrogen-bond acceptors (Lipinski definition) is 1. The Labute approximate surface area is 182 Å². The molecule has 1 fully saturated rings. The van der Waals surface area contributed by atoms with Gasteiger partial charge in [0.25, 0.3) is 0 Å². The van der Waals surface area contributed by atoms with Gasteiger partial charge in [-0.25, -0.2) is 4.39 Å². The number of benzene rings is 3. The molecule has 154 valence electrons. The summed E-state index contributed by atoms with van der Waals surface area (Å²) in [6.07, 6.45) is 6.22. The second kappa shape index (κ2) is 9.09. The summed E-state index contributed by atoms with van der Waals surface area (Å²) in [6.45, 7) is 4.14. The summed E-state index contributed by atoms with van der Waals surface area (Å²) < 4.78 is 21.4. The van der Waals surface area contributed by atoms with Crippen LogP contribution in [0.5, 0.6) is 5.75 Å². The van der Waals surface area contributed by atoms with Gasteiger partial charge in [-0.05, 0) is 81.5 Å². The van der Waals surface area contributed by atoms with Crippen LogP contribution in [0.3, 0.4) is 0 Å². The summed E-state index contributed by atoms with van der Waals surface area (Å²) in [5.41, 5.74) is 0.807. The monoisotopic (exact) mass is 419 g/mol. The maximum absolute atomic E-state index is 14.9. The van der Waals surface area contributed by atoms with Gasteiger partial charge < -0.3 is 4.74 Å². The molecule has 0 amide bonds. The number of ether oxygens (including phenoxy) is 1. The number of rotatable bonds is 6. The number of hydrogen-bond donors (Lipinski definition) is 0. The summed E-state index contributed by atoms with van der Waals surface area (Å²) in [5, 5.41) is 0. The predicted octanol–water partition coefficient (Wildman–Crippen LogP) is 7.58. The van der Waals surface area contributed by atoms with Crippen LogP contribution in [0.25, 0.3) is 0 Å². The van der Waals surface area contributed by atoms with Gasteiger partial charge in [-0.1, -0.05) is 42.5 Å². The van der Waals surface area contributed by atoms with Gasteiger partial charge in [0.2, 0.25) is 0 Å². The molecule has 0 N–H and O–H groups in total. The first-order valence-electron chi connectivity index (χ1n) is 10.6. The Morgan fingerprint density at radius 1 is 0.867 bits per heavy atom. The SMILES string of the molecule is C/C=C(/C)C1(Oc2cc([S+](c3ccccc3)c3ccccc3)ccc2F)CCCC1. The van der Waals surface area contributed by atoms with Crippen molar-refractivity contribution in [3.63, 3.8) is 0 Å². The van der Waals surface area contributed by atoms with Crippen LogP contribution in [0, 0.1) is 5.82 Å². The Hall–Kier alpha value is -2.52. The van der Waals surface area contributed by atoms with Crippen LogP contribution in [0.15, 0.2) is 105 Å². The van der Waals surface area contributed by atoms with Crippen molar-refractivity contribution >= 4 is 10.9 Å². The minimum absolute atomic E-state index is 0.293. The lowest BCUT2D eigenvalue weighted by Crippen LogP contribution is -2.34. The zero-order valence-corrected chi connectivity index (χ0v) is 18.4. The van der Waals surface area contributed by atoms with E-state index in [0.717, 1.165) is 30.6 Å². The molecule has 0 unspecified atom stereocenters. The minimum Gasteiger partial charge on any atom is -0.480 e. The van der Waals surface area contributed by atoms with Crippen molar-refractivity contribution in [1.82, 2.24) is 0 Å². The van der Waals surface area contributed by atoms with E-state index in [2.05, 4.69) is 61.5 Å². The molecule has 0 atom stereocenters. The molecule has 3 aromatic rings. The Bertz CT molecular complexity index is 968. The summed E-state index contributed by atoms with van der Waals surface area (Å²) in [4.78, 5) is 3.48. The highest BCUT2D eigenvalue weighted by Gasteiger charge is 2.39. The fraction of sp³-hybridized carbons (Fsp3) is 0.259. The van der Waals surface area contributed by atoms with Crippen LogP contribution in [-0.2, 0) is 10.9 Å². The Morgan fingerprint density at radius 2 is 1.43 bits per heavy atom. The van der Waals surface area contributed by atoms with E-state index in [-0.39, 0.29) is 22.3 Å². The van der Waals surface area contributed by atoms with E-state index >= 15 is 0 Å². The molecule has 1 nitrogen and oxygen atoms in total. The van der Waals surface area contributed by atoms with E-state index < -0.39 is 0 Å². The Kier molecular flexibility index (Phi) is 6.29. The van der Waals surface area contributed by atoms with Gasteiger partial charge in [0, 0.05) is 6.07 Å². The highest BCUT2D eigenvalue weighted by Crippen LogP contribution is 2.42. The van der Waals surface area contributed by atoms with E-state index in [1.807, 2.05) is 31.2 Å². The molecule has 0 spiro atoms. The molecule has 0 radical (unpaired) electrons. The molecule has 0 heterocycles. The molecular weight excluding hydrogens is 391 g/mol.